The van der Waals surface area contributed by atoms with E-state index in [0.29, 0.717) is 16.3 Å². The van der Waals surface area contributed by atoms with Crippen LogP contribution in [0.2, 0.25) is 5.02 Å². The lowest BCUT2D eigenvalue weighted by Crippen LogP contribution is -2.38. The van der Waals surface area contributed by atoms with Crippen molar-refractivity contribution in [1.82, 2.24) is 19.2 Å². The first-order valence-electron chi connectivity index (χ1n) is 11.9. The molecule has 6 nitrogen and oxygen atoms in total. The highest BCUT2D eigenvalue weighted by molar-refractivity contribution is 6.33. The first-order chi connectivity index (χ1) is 18.0. The van der Waals surface area contributed by atoms with Gasteiger partial charge in [-0.3, -0.25) is 0 Å². The number of nitrogens with one attached hydrogen (secondary N) is 1. The number of benzene rings is 3. The van der Waals surface area contributed by atoms with Crippen LogP contribution in [0.25, 0.3) is 11.5 Å². The van der Waals surface area contributed by atoms with Crippen LogP contribution in [0.15, 0.2) is 97.2 Å². The van der Waals surface area contributed by atoms with Gasteiger partial charge >= 0.3 is 6.03 Å². The molecule has 6 rings (SSSR count). The maximum Gasteiger partial charge on any atom is 0.323 e. The van der Waals surface area contributed by atoms with Gasteiger partial charge in [0.25, 0.3) is 0 Å². The number of para-hydroxylation sites is 2. The number of hydrogen-bond donors (Lipinski definition) is 1. The summed E-state index contributed by atoms with van der Waals surface area (Å²) >= 11 is 6.35. The zero-order valence-corrected chi connectivity index (χ0v) is 20.7. The molecular weight excluding hydrogens is 489 g/mol. The topological polar surface area (TPSA) is 55.1 Å². The van der Waals surface area contributed by atoms with Crippen LogP contribution in [-0.4, -0.2) is 25.3 Å². The van der Waals surface area contributed by atoms with Gasteiger partial charge in [0.1, 0.15) is 11.6 Å². The van der Waals surface area contributed by atoms with Gasteiger partial charge in [-0.05, 0) is 61.0 Å². The molecule has 1 N–H and O–H groups in total. The molecule has 8 heteroatoms. The van der Waals surface area contributed by atoms with E-state index in [-0.39, 0.29) is 18.4 Å². The van der Waals surface area contributed by atoms with E-state index in [1.807, 2.05) is 77.0 Å². The number of hydrogen-bond acceptors (Lipinski definition) is 2. The molecule has 0 saturated heterocycles. The Morgan fingerprint density at radius 2 is 1.78 bits per heavy atom. The molecule has 37 heavy (non-hydrogen) atoms. The van der Waals surface area contributed by atoms with E-state index in [1.165, 1.54) is 12.1 Å². The molecule has 0 unspecified atom stereocenters. The standard InChI is InChI=1S/C29H23ClFN5O/c1-19-23-18-35(29(37)32-25-14-6-5-13-24(25)30)27(20-9-7-10-21(31)17-20)26-15-8-16-34(26)28(23)36(33-19)22-11-3-2-4-12-22/h2-17,27H,18H2,1H3,(H,32,37)/t27-/m0/s1. The molecule has 3 heterocycles. The number of aryl methyl sites for hydroxylation is 1. The Bertz CT molecular complexity index is 1610. The van der Waals surface area contributed by atoms with Crippen LogP contribution >= 0.6 is 11.6 Å². The van der Waals surface area contributed by atoms with Crippen molar-refractivity contribution in [3.8, 4) is 11.5 Å². The molecule has 0 saturated carbocycles. The predicted octanol–water partition coefficient (Wildman–Crippen LogP) is 6.90. The highest BCUT2D eigenvalue weighted by Crippen LogP contribution is 2.39. The molecule has 3 aromatic carbocycles. The SMILES string of the molecule is Cc1nn(-c2ccccc2)c2c1CN(C(=O)Nc1ccccc1Cl)[C@@H](c1cccc(F)c1)c1cccn1-2. The van der Waals surface area contributed by atoms with Crippen LogP contribution in [0.4, 0.5) is 14.9 Å². The van der Waals surface area contributed by atoms with E-state index >= 15 is 0 Å². The van der Waals surface area contributed by atoms with Crippen LogP contribution in [-0.2, 0) is 6.54 Å². The van der Waals surface area contributed by atoms with Gasteiger partial charge in [-0.2, -0.15) is 5.10 Å². The maximum atomic E-state index is 14.4. The van der Waals surface area contributed by atoms with E-state index in [2.05, 4.69) is 5.32 Å². The molecular formula is C29H23ClFN5O. The molecule has 0 radical (unpaired) electrons. The van der Waals surface area contributed by atoms with Gasteiger partial charge < -0.3 is 14.8 Å². The molecule has 0 bridgehead atoms. The van der Waals surface area contributed by atoms with Crippen molar-refractivity contribution in [2.24, 2.45) is 0 Å². The second kappa shape index (κ2) is 9.26. The van der Waals surface area contributed by atoms with Crippen molar-refractivity contribution in [2.75, 3.05) is 5.32 Å². The summed E-state index contributed by atoms with van der Waals surface area (Å²) in [6, 6.07) is 26.3. The van der Waals surface area contributed by atoms with Crippen LogP contribution in [0.1, 0.15) is 28.6 Å². The Morgan fingerprint density at radius 1 is 1.00 bits per heavy atom. The minimum Gasteiger partial charge on any atom is -0.307 e. The van der Waals surface area contributed by atoms with E-state index < -0.39 is 6.04 Å². The Hall–Kier alpha value is -4.36. The summed E-state index contributed by atoms with van der Waals surface area (Å²) in [5.74, 6) is 0.480. The summed E-state index contributed by atoms with van der Waals surface area (Å²) < 4.78 is 18.4. The fourth-order valence-corrected chi connectivity index (χ4v) is 5.11. The average Bonchev–Trinajstić information content (AvgIpc) is 3.46. The molecule has 1 aliphatic rings. The third-order valence-corrected chi connectivity index (χ3v) is 6.96. The van der Waals surface area contributed by atoms with Crippen molar-refractivity contribution >= 4 is 23.3 Å². The minimum atomic E-state index is -0.566. The van der Waals surface area contributed by atoms with E-state index in [4.69, 9.17) is 16.7 Å². The Balaban J connectivity index is 1.55. The first-order valence-corrected chi connectivity index (χ1v) is 12.3. The predicted molar refractivity (Wildman–Crippen MR) is 142 cm³/mol. The zero-order valence-electron chi connectivity index (χ0n) is 20.0. The smallest absolute Gasteiger partial charge is 0.307 e. The third-order valence-electron chi connectivity index (χ3n) is 6.63. The van der Waals surface area contributed by atoms with Gasteiger partial charge in [-0.1, -0.05) is 54.1 Å². The number of nitrogens with zero attached hydrogens (tertiary/aromatic N) is 4. The van der Waals surface area contributed by atoms with Gasteiger partial charge in [0, 0.05) is 11.8 Å². The molecule has 1 aliphatic heterocycles. The highest BCUT2D eigenvalue weighted by Gasteiger charge is 2.36. The Morgan fingerprint density at radius 3 is 2.57 bits per heavy atom. The summed E-state index contributed by atoms with van der Waals surface area (Å²) in [5.41, 5.74) is 4.59. The summed E-state index contributed by atoms with van der Waals surface area (Å²) in [5, 5.41) is 8.24. The normalized spacial score (nSPS) is 14.6. The molecule has 0 aliphatic carbocycles. The van der Waals surface area contributed by atoms with E-state index in [0.717, 1.165) is 28.5 Å². The number of fused-ring (bicyclic) bond motifs is 3. The lowest BCUT2D eigenvalue weighted by Gasteiger charge is -2.31. The number of aromatic nitrogens is 3. The second-order valence-corrected chi connectivity index (χ2v) is 9.34. The molecule has 2 aromatic heterocycles. The number of carbonyl (C=O) groups excluding carboxylic acids is 1. The molecule has 0 spiro atoms. The quantitative estimate of drug-likeness (QED) is 0.286. The van der Waals surface area contributed by atoms with Crippen molar-refractivity contribution in [3.63, 3.8) is 0 Å². The summed E-state index contributed by atoms with van der Waals surface area (Å²) in [6.07, 6.45) is 1.95. The van der Waals surface area contributed by atoms with Gasteiger partial charge in [-0.15, -0.1) is 0 Å². The molecule has 0 fully saturated rings. The van der Waals surface area contributed by atoms with Crippen LogP contribution in [0.5, 0.6) is 0 Å². The molecule has 1 atom stereocenters. The summed E-state index contributed by atoms with van der Waals surface area (Å²) in [4.78, 5) is 15.6. The summed E-state index contributed by atoms with van der Waals surface area (Å²) in [6.45, 7) is 2.20. The Kier molecular flexibility index (Phi) is 5.77. The monoisotopic (exact) mass is 511 g/mol. The number of halogens is 2. The lowest BCUT2D eigenvalue weighted by atomic mass is 10.0. The average molecular weight is 512 g/mol. The van der Waals surface area contributed by atoms with Crippen LogP contribution in [0, 0.1) is 12.7 Å². The summed E-state index contributed by atoms with van der Waals surface area (Å²) in [7, 11) is 0. The van der Waals surface area contributed by atoms with Gasteiger partial charge in [0.05, 0.1) is 40.4 Å². The van der Waals surface area contributed by atoms with Gasteiger partial charge in [-0.25, -0.2) is 13.9 Å². The molecule has 184 valence electrons. The van der Waals surface area contributed by atoms with Gasteiger partial charge in [0.2, 0.25) is 0 Å². The lowest BCUT2D eigenvalue weighted by molar-refractivity contribution is 0.194. The van der Waals surface area contributed by atoms with Crippen LogP contribution < -0.4 is 5.32 Å². The highest BCUT2D eigenvalue weighted by atomic mass is 35.5. The number of urea groups is 1. The number of anilines is 1. The number of carbonyl (C=O) groups is 1. The molecule has 2 amide bonds. The van der Waals surface area contributed by atoms with Crippen LogP contribution in [0.3, 0.4) is 0 Å². The van der Waals surface area contributed by atoms with E-state index in [9.17, 15) is 9.18 Å². The van der Waals surface area contributed by atoms with Crippen molar-refractivity contribution < 1.29 is 9.18 Å². The first kappa shape index (κ1) is 23.1. The Labute approximate surface area is 218 Å². The number of rotatable bonds is 3. The third kappa shape index (κ3) is 4.07. The van der Waals surface area contributed by atoms with Gasteiger partial charge in [0.15, 0.2) is 0 Å². The minimum absolute atomic E-state index is 0.257. The largest absolute Gasteiger partial charge is 0.323 e. The fourth-order valence-electron chi connectivity index (χ4n) is 4.93. The maximum absolute atomic E-state index is 14.4. The zero-order chi connectivity index (χ0) is 25.5. The molecule has 5 aromatic rings. The fraction of sp³-hybridized carbons (Fsp3) is 0.103. The van der Waals surface area contributed by atoms with Crippen molar-refractivity contribution in [3.05, 3.63) is 131 Å². The van der Waals surface area contributed by atoms with E-state index in [1.54, 1.807) is 29.2 Å². The van der Waals surface area contributed by atoms with Crippen molar-refractivity contribution in [1.29, 1.82) is 0 Å². The number of amides is 2. The van der Waals surface area contributed by atoms with Crippen molar-refractivity contribution in [2.45, 2.75) is 19.5 Å². The second-order valence-electron chi connectivity index (χ2n) is 8.93.